The molecule has 0 aliphatic heterocycles. The number of amides is 1. The summed E-state index contributed by atoms with van der Waals surface area (Å²) in [5.41, 5.74) is 1.42. The summed E-state index contributed by atoms with van der Waals surface area (Å²) >= 11 is 0. The number of methoxy groups -OCH3 is 2. The first-order valence-electron chi connectivity index (χ1n) is 12.1. The topological polar surface area (TPSA) is 94.2 Å². The van der Waals surface area contributed by atoms with Gasteiger partial charge < -0.3 is 19.5 Å². The maximum Gasteiger partial charge on any atom is 0.264 e. The molecule has 9 heteroatoms. The molecule has 3 aromatic carbocycles. The predicted molar refractivity (Wildman–Crippen MR) is 144 cm³/mol. The molecule has 0 bridgehead atoms. The van der Waals surface area contributed by atoms with Crippen molar-refractivity contribution in [3.63, 3.8) is 0 Å². The molecule has 1 amide bonds. The third-order valence-corrected chi connectivity index (χ3v) is 7.32. The van der Waals surface area contributed by atoms with E-state index in [4.69, 9.17) is 14.2 Å². The molecule has 0 fully saturated rings. The van der Waals surface area contributed by atoms with Gasteiger partial charge in [0.1, 0.15) is 12.3 Å². The van der Waals surface area contributed by atoms with Crippen LogP contribution < -0.4 is 23.8 Å². The van der Waals surface area contributed by atoms with Gasteiger partial charge in [0.05, 0.1) is 30.9 Å². The second-order valence-corrected chi connectivity index (χ2v) is 10.5. The summed E-state index contributed by atoms with van der Waals surface area (Å²) in [5, 5.41) is 2.84. The largest absolute Gasteiger partial charge is 0.493 e. The molecule has 198 valence electrons. The Balaban J connectivity index is 1.69. The van der Waals surface area contributed by atoms with Crippen LogP contribution in [0.1, 0.15) is 25.8 Å². The van der Waals surface area contributed by atoms with Gasteiger partial charge >= 0.3 is 0 Å². The molecule has 0 saturated carbocycles. The number of ether oxygens (including phenoxy) is 3. The molecular formula is C28H34N2O6S. The van der Waals surface area contributed by atoms with E-state index in [-0.39, 0.29) is 17.5 Å². The number of nitrogens with zero attached hydrogens (tertiary/aromatic N) is 1. The van der Waals surface area contributed by atoms with Gasteiger partial charge in [-0.05, 0) is 68.7 Å². The van der Waals surface area contributed by atoms with E-state index in [1.165, 1.54) is 26.4 Å². The van der Waals surface area contributed by atoms with Gasteiger partial charge in [0, 0.05) is 12.6 Å². The van der Waals surface area contributed by atoms with Gasteiger partial charge in [-0.3, -0.25) is 9.10 Å². The van der Waals surface area contributed by atoms with Crippen molar-refractivity contribution in [1.82, 2.24) is 5.32 Å². The molecule has 0 spiro atoms. The van der Waals surface area contributed by atoms with Crippen molar-refractivity contribution in [2.24, 2.45) is 0 Å². The van der Waals surface area contributed by atoms with E-state index in [0.717, 1.165) is 22.0 Å². The molecule has 0 radical (unpaired) electrons. The summed E-state index contributed by atoms with van der Waals surface area (Å²) in [4.78, 5) is 12.9. The summed E-state index contributed by atoms with van der Waals surface area (Å²) in [5.74, 6) is 1.23. The zero-order chi connectivity index (χ0) is 26.8. The maximum atomic E-state index is 13.5. The minimum absolute atomic E-state index is 0.0856. The normalized spacial score (nSPS) is 11.2. The van der Waals surface area contributed by atoms with Gasteiger partial charge in [0.15, 0.2) is 11.5 Å². The fraction of sp³-hybridized carbons (Fsp3) is 0.321. The second kappa shape index (κ2) is 13.0. The van der Waals surface area contributed by atoms with E-state index in [2.05, 4.69) is 5.32 Å². The van der Waals surface area contributed by atoms with Crippen LogP contribution >= 0.6 is 0 Å². The van der Waals surface area contributed by atoms with E-state index in [1.54, 1.807) is 36.4 Å². The summed E-state index contributed by atoms with van der Waals surface area (Å²) in [6.45, 7) is 3.99. The van der Waals surface area contributed by atoms with Crippen LogP contribution in [0.3, 0.4) is 0 Å². The van der Waals surface area contributed by atoms with Crippen molar-refractivity contribution in [2.45, 2.75) is 37.7 Å². The standard InChI is InChI=1S/C28H34N2O6S/c1-21(2)36-24-15-12-22(13-16-24)9-8-18-29-28(31)20-30(37(32,33)25-10-6-5-7-11-25)23-14-17-26(34-3)27(19-23)35-4/h5-7,10-17,19,21H,8-9,18,20H2,1-4H3,(H,29,31). The summed E-state index contributed by atoms with van der Waals surface area (Å²) in [6, 6.07) is 20.6. The van der Waals surface area contributed by atoms with E-state index in [0.29, 0.717) is 30.2 Å². The number of nitrogens with one attached hydrogen (secondary N) is 1. The molecule has 0 unspecified atom stereocenters. The van der Waals surface area contributed by atoms with Crippen molar-refractivity contribution in [2.75, 3.05) is 31.6 Å². The minimum atomic E-state index is -4.02. The van der Waals surface area contributed by atoms with Gasteiger partial charge in [-0.1, -0.05) is 30.3 Å². The number of carbonyl (C=O) groups is 1. The Kier molecular flexibility index (Phi) is 9.79. The molecule has 0 aliphatic carbocycles. The van der Waals surface area contributed by atoms with Gasteiger partial charge in [-0.25, -0.2) is 8.42 Å². The highest BCUT2D eigenvalue weighted by Gasteiger charge is 2.28. The van der Waals surface area contributed by atoms with Crippen LogP contribution in [0.25, 0.3) is 0 Å². The van der Waals surface area contributed by atoms with Gasteiger partial charge in [0.25, 0.3) is 10.0 Å². The Morgan fingerprint density at radius 2 is 1.59 bits per heavy atom. The molecule has 0 aromatic heterocycles. The second-order valence-electron chi connectivity index (χ2n) is 8.63. The van der Waals surface area contributed by atoms with Crippen molar-refractivity contribution >= 4 is 21.6 Å². The first-order valence-corrected chi connectivity index (χ1v) is 13.5. The first-order chi connectivity index (χ1) is 17.7. The molecule has 0 saturated heterocycles. The fourth-order valence-corrected chi connectivity index (χ4v) is 5.16. The van der Waals surface area contributed by atoms with Crippen LogP contribution in [0.15, 0.2) is 77.7 Å². The Bertz CT molecular complexity index is 1260. The van der Waals surface area contributed by atoms with Crippen molar-refractivity contribution < 1.29 is 27.4 Å². The average molecular weight is 527 g/mol. The van der Waals surface area contributed by atoms with Crippen LogP contribution in [0, 0.1) is 0 Å². The zero-order valence-electron chi connectivity index (χ0n) is 21.6. The van der Waals surface area contributed by atoms with Gasteiger partial charge in [-0.15, -0.1) is 0 Å². The Hall–Kier alpha value is -3.72. The molecule has 37 heavy (non-hydrogen) atoms. The van der Waals surface area contributed by atoms with Crippen LogP contribution in [-0.2, 0) is 21.2 Å². The molecule has 1 N–H and O–H groups in total. The van der Waals surface area contributed by atoms with E-state index in [9.17, 15) is 13.2 Å². The van der Waals surface area contributed by atoms with Crippen LogP contribution in [0.4, 0.5) is 5.69 Å². The van der Waals surface area contributed by atoms with Crippen molar-refractivity contribution in [3.05, 3.63) is 78.4 Å². The molecule has 8 nitrogen and oxygen atoms in total. The lowest BCUT2D eigenvalue weighted by Crippen LogP contribution is -2.41. The third-order valence-electron chi connectivity index (χ3n) is 5.53. The predicted octanol–water partition coefficient (Wildman–Crippen LogP) is 4.44. The lowest BCUT2D eigenvalue weighted by atomic mass is 10.1. The van der Waals surface area contributed by atoms with Gasteiger partial charge in [0.2, 0.25) is 5.91 Å². The van der Waals surface area contributed by atoms with Crippen LogP contribution in [-0.4, -0.2) is 47.7 Å². The van der Waals surface area contributed by atoms with E-state index in [1.807, 2.05) is 38.1 Å². The molecule has 0 heterocycles. The number of benzene rings is 3. The zero-order valence-corrected chi connectivity index (χ0v) is 22.5. The number of sulfonamides is 1. The Labute approximate surface area is 219 Å². The smallest absolute Gasteiger partial charge is 0.264 e. The highest BCUT2D eigenvalue weighted by molar-refractivity contribution is 7.92. The quantitative estimate of drug-likeness (QED) is 0.331. The lowest BCUT2D eigenvalue weighted by Gasteiger charge is -2.25. The van der Waals surface area contributed by atoms with E-state index >= 15 is 0 Å². The molecule has 0 atom stereocenters. The molecule has 0 aliphatic rings. The van der Waals surface area contributed by atoms with E-state index < -0.39 is 15.9 Å². The van der Waals surface area contributed by atoms with Crippen LogP contribution in [0.5, 0.6) is 17.2 Å². The van der Waals surface area contributed by atoms with Crippen LogP contribution in [0.2, 0.25) is 0 Å². The van der Waals surface area contributed by atoms with Gasteiger partial charge in [-0.2, -0.15) is 0 Å². The number of hydrogen-bond acceptors (Lipinski definition) is 6. The maximum absolute atomic E-state index is 13.5. The number of rotatable bonds is 13. The molecule has 3 rings (SSSR count). The monoisotopic (exact) mass is 526 g/mol. The number of hydrogen-bond donors (Lipinski definition) is 1. The summed E-state index contributed by atoms with van der Waals surface area (Å²) in [6.07, 6.45) is 1.59. The SMILES string of the molecule is COc1ccc(N(CC(=O)NCCCc2ccc(OC(C)C)cc2)S(=O)(=O)c2ccccc2)cc1OC. The number of anilines is 1. The fourth-order valence-electron chi connectivity index (χ4n) is 3.73. The summed E-state index contributed by atoms with van der Waals surface area (Å²) in [7, 11) is -1.05. The molecular weight excluding hydrogens is 492 g/mol. The number of aryl methyl sites for hydroxylation is 1. The highest BCUT2D eigenvalue weighted by atomic mass is 32.2. The molecule has 3 aromatic rings. The third kappa shape index (κ3) is 7.63. The van der Waals surface area contributed by atoms with Crippen molar-refractivity contribution in [3.8, 4) is 17.2 Å². The first kappa shape index (κ1) is 27.9. The Morgan fingerprint density at radius 3 is 2.22 bits per heavy atom. The Morgan fingerprint density at radius 1 is 0.919 bits per heavy atom. The highest BCUT2D eigenvalue weighted by Crippen LogP contribution is 2.33. The number of carbonyl (C=O) groups excluding carboxylic acids is 1. The summed E-state index contributed by atoms with van der Waals surface area (Å²) < 4.78 is 44.3. The minimum Gasteiger partial charge on any atom is -0.493 e. The average Bonchev–Trinajstić information content (AvgIpc) is 2.90. The lowest BCUT2D eigenvalue weighted by molar-refractivity contribution is -0.119. The van der Waals surface area contributed by atoms with Crippen molar-refractivity contribution in [1.29, 1.82) is 0 Å².